The van der Waals surface area contributed by atoms with Crippen LogP contribution in [0.1, 0.15) is 37.4 Å². The van der Waals surface area contributed by atoms with Crippen LogP contribution in [-0.4, -0.2) is 52.8 Å². The first-order chi connectivity index (χ1) is 11.9. The first kappa shape index (κ1) is 15.8. The molecule has 0 saturated carbocycles. The number of aromatic nitrogens is 3. The van der Waals surface area contributed by atoms with Gasteiger partial charge in [-0.1, -0.05) is 30.3 Å². The lowest BCUT2D eigenvalue weighted by molar-refractivity contribution is 0.167. The number of likely N-dealkylation sites (tertiary alicyclic amines) is 1. The van der Waals surface area contributed by atoms with Gasteiger partial charge < -0.3 is 10.2 Å². The first-order valence-corrected chi connectivity index (χ1v) is 9.29. The predicted octanol–water partition coefficient (Wildman–Crippen LogP) is 2.65. The van der Waals surface area contributed by atoms with Gasteiger partial charge in [-0.05, 0) is 57.8 Å². The Hall–Kier alpha value is -1.72. The summed E-state index contributed by atoms with van der Waals surface area (Å²) in [5, 5.41) is 11.1. The van der Waals surface area contributed by atoms with Crippen LogP contribution in [0.5, 0.6) is 0 Å². The maximum absolute atomic E-state index is 4.75. The van der Waals surface area contributed by atoms with Crippen LogP contribution in [0.3, 0.4) is 0 Å². The number of H-pyrrole nitrogens is 1. The molecule has 2 aliphatic rings. The van der Waals surface area contributed by atoms with Crippen LogP contribution < -0.4 is 5.32 Å². The van der Waals surface area contributed by atoms with E-state index in [0.29, 0.717) is 5.92 Å². The van der Waals surface area contributed by atoms with Crippen LogP contribution in [0, 0.1) is 5.92 Å². The van der Waals surface area contributed by atoms with Crippen molar-refractivity contribution < 1.29 is 0 Å². The van der Waals surface area contributed by atoms with Gasteiger partial charge in [0.2, 0.25) is 0 Å². The molecule has 0 radical (unpaired) electrons. The molecule has 1 atom stereocenters. The summed E-state index contributed by atoms with van der Waals surface area (Å²) in [7, 11) is 0. The van der Waals surface area contributed by atoms with Crippen molar-refractivity contribution in [3.05, 3.63) is 36.2 Å². The van der Waals surface area contributed by atoms with E-state index in [1.54, 1.807) is 0 Å². The lowest BCUT2D eigenvalue weighted by atomic mass is 9.93. The van der Waals surface area contributed by atoms with E-state index in [0.717, 1.165) is 23.1 Å². The number of nitrogens with one attached hydrogen (secondary N) is 2. The number of rotatable bonds is 4. The Morgan fingerprint density at radius 1 is 1.08 bits per heavy atom. The molecule has 0 bridgehead atoms. The van der Waals surface area contributed by atoms with Crippen molar-refractivity contribution in [2.75, 3.05) is 32.7 Å². The first-order valence-electron chi connectivity index (χ1n) is 9.29. The van der Waals surface area contributed by atoms with Crippen molar-refractivity contribution in [1.82, 2.24) is 25.4 Å². The highest BCUT2D eigenvalue weighted by atomic mass is 15.2. The van der Waals surface area contributed by atoms with E-state index < -0.39 is 0 Å². The van der Waals surface area contributed by atoms with Crippen LogP contribution in [0.15, 0.2) is 30.3 Å². The molecule has 2 aromatic rings. The second kappa shape index (κ2) is 7.45. The van der Waals surface area contributed by atoms with Crippen molar-refractivity contribution in [3.63, 3.8) is 0 Å². The summed E-state index contributed by atoms with van der Waals surface area (Å²) >= 11 is 0. The standard InChI is InChI=1S/C19H27N5/c1-2-6-16(7-3-1)18-21-19(23-22-18)17-8-11-24(12-9-17)14-15-5-4-10-20-13-15/h1-3,6-7,15,17,20H,4-5,8-14H2,(H,21,22,23). The third-order valence-electron chi connectivity index (χ3n) is 5.42. The predicted molar refractivity (Wildman–Crippen MR) is 95.8 cm³/mol. The Morgan fingerprint density at radius 3 is 2.67 bits per heavy atom. The van der Waals surface area contributed by atoms with E-state index >= 15 is 0 Å². The molecule has 4 rings (SSSR count). The molecule has 0 amide bonds. The summed E-state index contributed by atoms with van der Waals surface area (Å²) in [5.41, 5.74) is 1.09. The average Bonchev–Trinajstić information content (AvgIpc) is 3.14. The number of hydrogen-bond acceptors (Lipinski definition) is 4. The van der Waals surface area contributed by atoms with Gasteiger partial charge in [0.25, 0.3) is 0 Å². The van der Waals surface area contributed by atoms with E-state index in [-0.39, 0.29) is 0 Å². The van der Waals surface area contributed by atoms with Crippen molar-refractivity contribution in [1.29, 1.82) is 0 Å². The lowest BCUT2D eigenvalue weighted by Crippen LogP contribution is -2.41. The fourth-order valence-electron chi connectivity index (χ4n) is 4.01. The molecule has 2 N–H and O–H groups in total. The normalized spacial score (nSPS) is 23.4. The Bertz CT molecular complexity index is 624. The zero-order chi connectivity index (χ0) is 16.2. The van der Waals surface area contributed by atoms with Gasteiger partial charge in [-0.15, -0.1) is 0 Å². The van der Waals surface area contributed by atoms with Crippen molar-refractivity contribution >= 4 is 0 Å². The summed E-state index contributed by atoms with van der Waals surface area (Å²) in [6.45, 7) is 6.02. The molecule has 1 aromatic heterocycles. The summed E-state index contributed by atoms with van der Waals surface area (Å²) in [6.07, 6.45) is 5.09. The maximum atomic E-state index is 4.75. The molecule has 0 aliphatic carbocycles. The van der Waals surface area contributed by atoms with Crippen LogP contribution in [0.25, 0.3) is 11.4 Å². The van der Waals surface area contributed by atoms with Crippen molar-refractivity contribution in [2.45, 2.75) is 31.6 Å². The third kappa shape index (κ3) is 3.68. The van der Waals surface area contributed by atoms with E-state index in [9.17, 15) is 0 Å². The monoisotopic (exact) mass is 325 g/mol. The van der Waals surface area contributed by atoms with Gasteiger partial charge in [-0.2, -0.15) is 5.10 Å². The van der Waals surface area contributed by atoms with Gasteiger partial charge in [0.1, 0.15) is 5.82 Å². The van der Waals surface area contributed by atoms with Gasteiger partial charge in [0, 0.05) is 18.0 Å². The number of benzene rings is 1. The van der Waals surface area contributed by atoms with Gasteiger partial charge in [0.05, 0.1) is 0 Å². The van der Waals surface area contributed by atoms with Crippen LogP contribution in [-0.2, 0) is 0 Å². The number of aromatic amines is 1. The SMILES string of the molecule is c1ccc(-c2n[nH]c(C3CCN(CC4CCCNC4)CC3)n2)cc1. The number of piperidine rings is 2. The molecule has 5 nitrogen and oxygen atoms in total. The van der Waals surface area contributed by atoms with Crippen LogP contribution in [0.2, 0.25) is 0 Å². The van der Waals surface area contributed by atoms with Gasteiger partial charge in [-0.25, -0.2) is 4.98 Å². The highest BCUT2D eigenvalue weighted by Crippen LogP contribution is 2.27. The van der Waals surface area contributed by atoms with Crippen molar-refractivity contribution in [3.8, 4) is 11.4 Å². The molecule has 2 saturated heterocycles. The molecule has 1 unspecified atom stereocenters. The Balaban J connectivity index is 1.32. The van der Waals surface area contributed by atoms with Gasteiger partial charge in [-0.3, -0.25) is 5.10 Å². The zero-order valence-electron chi connectivity index (χ0n) is 14.2. The molecule has 0 spiro atoms. The molecular weight excluding hydrogens is 298 g/mol. The molecule has 24 heavy (non-hydrogen) atoms. The molecule has 1 aromatic carbocycles. The van der Waals surface area contributed by atoms with Crippen LogP contribution in [0.4, 0.5) is 0 Å². The maximum Gasteiger partial charge on any atom is 0.181 e. The zero-order valence-corrected chi connectivity index (χ0v) is 14.2. The minimum Gasteiger partial charge on any atom is -0.316 e. The minimum absolute atomic E-state index is 0.524. The lowest BCUT2D eigenvalue weighted by Gasteiger charge is -2.34. The number of nitrogens with zero attached hydrogens (tertiary/aromatic N) is 3. The number of hydrogen-bond donors (Lipinski definition) is 2. The minimum atomic E-state index is 0.524. The summed E-state index contributed by atoms with van der Waals surface area (Å²) < 4.78 is 0. The molecule has 3 heterocycles. The Morgan fingerprint density at radius 2 is 1.92 bits per heavy atom. The molecule has 128 valence electrons. The summed E-state index contributed by atoms with van der Waals surface area (Å²) in [4.78, 5) is 7.39. The molecule has 2 fully saturated rings. The van der Waals surface area contributed by atoms with E-state index in [1.165, 1.54) is 58.4 Å². The van der Waals surface area contributed by atoms with Crippen molar-refractivity contribution in [2.24, 2.45) is 5.92 Å². The average molecular weight is 325 g/mol. The highest BCUT2D eigenvalue weighted by molar-refractivity contribution is 5.53. The van der Waals surface area contributed by atoms with Crippen LogP contribution >= 0.6 is 0 Å². The smallest absolute Gasteiger partial charge is 0.181 e. The molecule has 2 aliphatic heterocycles. The fourth-order valence-corrected chi connectivity index (χ4v) is 4.01. The fraction of sp³-hybridized carbons (Fsp3) is 0.579. The van der Waals surface area contributed by atoms with Gasteiger partial charge in [0.15, 0.2) is 5.82 Å². The van der Waals surface area contributed by atoms with Gasteiger partial charge >= 0.3 is 0 Å². The second-order valence-corrected chi connectivity index (χ2v) is 7.20. The Labute approximate surface area is 143 Å². The molecule has 5 heteroatoms. The van der Waals surface area contributed by atoms with E-state index in [4.69, 9.17) is 4.98 Å². The second-order valence-electron chi connectivity index (χ2n) is 7.20. The third-order valence-corrected chi connectivity index (χ3v) is 5.42. The summed E-state index contributed by atoms with van der Waals surface area (Å²) in [6, 6.07) is 10.2. The van der Waals surface area contributed by atoms with E-state index in [1.807, 2.05) is 18.2 Å². The topological polar surface area (TPSA) is 56.8 Å². The highest BCUT2D eigenvalue weighted by Gasteiger charge is 2.25. The van der Waals surface area contributed by atoms with E-state index in [2.05, 4.69) is 32.5 Å². The largest absolute Gasteiger partial charge is 0.316 e. The molecular formula is C19H27N5. The quantitative estimate of drug-likeness (QED) is 0.907. The Kier molecular flexibility index (Phi) is 4.90. The summed E-state index contributed by atoms with van der Waals surface area (Å²) in [5.74, 6) is 3.25.